The predicted molar refractivity (Wildman–Crippen MR) is 36.0 cm³/mol. The van der Waals surface area contributed by atoms with Crippen molar-refractivity contribution in [3.05, 3.63) is 0 Å². The fourth-order valence-corrected chi connectivity index (χ4v) is 0.893. The van der Waals surface area contributed by atoms with Gasteiger partial charge in [-0.3, -0.25) is 0 Å². The Bertz CT molecular complexity index is 127. The molecule has 1 rings (SSSR count). The first-order valence-electron chi connectivity index (χ1n) is 3.15. The van der Waals surface area contributed by atoms with Crippen LogP contribution in [0.2, 0.25) is 0 Å². The Morgan fingerprint density at radius 1 is 1.67 bits per heavy atom. The van der Waals surface area contributed by atoms with Gasteiger partial charge >= 0.3 is 0 Å². The first-order valence-corrected chi connectivity index (χ1v) is 3.15. The van der Waals surface area contributed by atoms with Crippen molar-refractivity contribution in [1.82, 2.24) is 5.32 Å². The average molecular weight is 125 g/mol. The molecule has 1 saturated heterocycles. The van der Waals surface area contributed by atoms with Gasteiger partial charge < -0.3 is 10.1 Å². The lowest BCUT2D eigenvalue weighted by Crippen LogP contribution is -2.42. The summed E-state index contributed by atoms with van der Waals surface area (Å²) in [6, 6.07) is 0. The highest BCUT2D eigenvalue weighted by molar-refractivity contribution is 4.97. The third kappa shape index (κ3) is 1.70. The van der Waals surface area contributed by atoms with E-state index in [2.05, 4.69) is 11.2 Å². The number of terminal acetylenes is 1. The molecule has 0 bridgehead atoms. The van der Waals surface area contributed by atoms with Crippen molar-refractivity contribution in [3.8, 4) is 12.3 Å². The number of nitrogens with one attached hydrogen (secondary N) is 1. The van der Waals surface area contributed by atoms with Crippen LogP contribution in [0.1, 0.15) is 6.92 Å². The number of hydrogen-bond donors (Lipinski definition) is 1. The molecule has 50 valence electrons. The molecule has 0 aromatic rings. The van der Waals surface area contributed by atoms with E-state index in [1.165, 1.54) is 0 Å². The number of hydrogen-bond acceptors (Lipinski definition) is 2. The zero-order valence-corrected chi connectivity index (χ0v) is 5.55. The van der Waals surface area contributed by atoms with Crippen molar-refractivity contribution in [2.45, 2.75) is 19.1 Å². The normalized spacial score (nSPS) is 35.6. The molecule has 0 unspecified atom stereocenters. The first-order chi connectivity index (χ1) is 4.33. The maximum atomic E-state index is 5.34. The van der Waals surface area contributed by atoms with E-state index in [4.69, 9.17) is 11.2 Å². The quantitative estimate of drug-likeness (QED) is 0.460. The number of ether oxygens (including phenoxy) is 1. The molecule has 1 fully saturated rings. The minimum atomic E-state index is -0.0197. The fraction of sp³-hybridized carbons (Fsp3) is 0.714. The van der Waals surface area contributed by atoms with Crippen LogP contribution >= 0.6 is 0 Å². The molecule has 0 radical (unpaired) electrons. The van der Waals surface area contributed by atoms with Crippen LogP contribution < -0.4 is 5.32 Å². The Labute approximate surface area is 55.6 Å². The number of morpholine rings is 1. The van der Waals surface area contributed by atoms with E-state index in [-0.39, 0.29) is 12.2 Å². The van der Waals surface area contributed by atoms with Crippen LogP contribution in [0, 0.1) is 12.3 Å². The van der Waals surface area contributed by atoms with Gasteiger partial charge in [-0.1, -0.05) is 5.92 Å². The summed E-state index contributed by atoms with van der Waals surface area (Å²) < 4.78 is 5.34. The summed E-state index contributed by atoms with van der Waals surface area (Å²) in [6.07, 6.45) is 5.39. The lowest BCUT2D eigenvalue weighted by atomic mass is 10.2. The molecular formula is C7H11NO. The largest absolute Gasteiger partial charge is 0.360 e. The summed E-state index contributed by atoms with van der Waals surface area (Å²) in [6.45, 7) is 3.72. The molecule has 0 spiro atoms. The maximum absolute atomic E-state index is 5.34. The van der Waals surface area contributed by atoms with Crippen molar-refractivity contribution in [2.24, 2.45) is 0 Å². The molecule has 1 aliphatic rings. The molecule has 1 aliphatic heterocycles. The van der Waals surface area contributed by atoms with Gasteiger partial charge in [-0.25, -0.2) is 0 Å². The van der Waals surface area contributed by atoms with E-state index in [0.717, 1.165) is 13.1 Å². The van der Waals surface area contributed by atoms with Gasteiger partial charge in [-0.15, -0.1) is 6.42 Å². The van der Waals surface area contributed by atoms with E-state index < -0.39 is 0 Å². The van der Waals surface area contributed by atoms with Gasteiger partial charge in [-0.05, 0) is 6.92 Å². The second-order valence-electron chi connectivity index (χ2n) is 2.26. The zero-order valence-electron chi connectivity index (χ0n) is 5.55. The molecule has 1 N–H and O–H groups in total. The third-order valence-corrected chi connectivity index (χ3v) is 1.34. The molecule has 0 aromatic carbocycles. The highest BCUT2D eigenvalue weighted by Crippen LogP contribution is 2.00. The van der Waals surface area contributed by atoms with Crippen molar-refractivity contribution in [2.75, 3.05) is 13.1 Å². The summed E-state index contributed by atoms with van der Waals surface area (Å²) in [4.78, 5) is 0. The fourth-order valence-electron chi connectivity index (χ4n) is 0.893. The lowest BCUT2D eigenvalue weighted by molar-refractivity contribution is 0.00363. The van der Waals surface area contributed by atoms with Crippen LogP contribution in [0.4, 0.5) is 0 Å². The Morgan fingerprint density at radius 2 is 2.44 bits per heavy atom. The van der Waals surface area contributed by atoms with Gasteiger partial charge in [0.2, 0.25) is 0 Å². The van der Waals surface area contributed by atoms with Crippen molar-refractivity contribution in [3.63, 3.8) is 0 Å². The molecule has 0 amide bonds. The monoisotopic (exact) mass is 125 g/mol. The molecule has 0 aliphatic carbocycles. The highest BCUT2D eigenvalue weighted by atomic mass is 16.5. The van der Waals surface area contributed by atoms with Gasteiger partial charge in [0.05, 0.1) is 6.10 Å². The first kappa shape index (κ1) is 6.60. The van der Waals surface area contributed by atoms with E-state index in [1.54, 1.807) is 0 Å². The van der Waals surface area contributed by atoms with Gasteiger partial charge in [-0.2, -0.15) is 0 Å². The highest BCUT2D eigenvalue weighted by Gasteiger charge is 2.15. The van der Waals surface area contributed by atoms with E-state index in [1.807, 2.05) is 6.92 Å². The minimum absolute atomic E-state index is 0.0197. The van der Waals surface area contributed by atoms with E-state index >= 15 is 0 Å². The molecule has 9 heavy (non-hydrogen) atoms. The van der Waals surface area contributed by atoms with Crippen molar-refractivity contribution in [1.29, 1.82) is 0 Å². The Hall–Kier alpha value is -0.520. The van der Waals surface area contributed by atoms with Crippen LogP contribution in [0.3, 0.4) is 0 Å². The third-order valence-electron chi connectivity index (χ3n) is 1.34. The zero-order chi connectivity index (χ0) is 6.69. The number of rotatable bonds is 0. The maximum Gasteiger partial charge on any atom is 0.130 e. The summed E-state index contributed by atoms with van der Waals surface area (Å²) in [7, 11) is 0. The summed E-state index contributed by atoms with van der Waals surface area (Å²) in [5, 5.41) is 3.17. The predicted octanol–water partition coefficient (Wildman–Crippen LogP) is -0.00350. The minimum Gasteiger partial charge on any atom is -0.360 e. The van der Waals surface area contributed by atoms with Gasteiger partial charge in [0.25, 0.3) is 0 Å². The summed E-state index contributed by atoms with van der Waals surface area (Å²) >= 11 is 0. The molecule has 2 heteroatoms. The average Bonchev–Trinajstić information content (AvgIpc) is 1.88. The van der Waals surface area contributed by atoms with Crippen LogP contribution in [0.25, 0.3) is 0 Å². The van der Waals surface area contributed by atoms with Gasteiger partial charge in [0.1, 0.15) is 6.10 Å². The van der Waals surface area contributed by atoms with Crippen LogP contribution in [0.15, 0.2) is 0 Å². The lowest BCUT2D eigenvalue weighted by Gasteiger charge is -2.24. The molecule has 2 atom stereocenters. The molecular weight excluding hydrogens is 114 g/mol. The van der Waals surface area contributed by atoms with Crippen molar-refractivity contribution >= 4 is 0 Å². The van der Waals surface area contributed by atoms with Crippen LogP contribution in [-0.4, -0.2) is 25.3 Å². The second kappa shape index (κ2) is 2.86. The van der Waals surface area contributed by atoms with Gasteiger partial charge in [0.15, 0.2) is 0 Å². The van der Waals surface area contributed by atoms with Gasteiger partial charge in [0, 0.05) is 13.1 Å². The molecule has 0 aromatic heterocycles. The Balaban J connectivity index is 2.34. The van der Waals surface area contributed by atoms with Crippen LogP contribution in [0.5, 0.6) is 0 Å². The smallest absolute Gasteiger partial charge is 0.130 e. The second-order valence-corrected chi connectivity index (χ2v) is 2.26. The topological polar surface area (TPSA) is 21.3 Å². The van der Waals surface area contributed by atoms with E-state index in [0.29, 0.717) is 0 Å². The molecule has 0 saturated carbocycles. The summed E-state index contributed by atoms with van der Waals surface area (Å²) in [5.41, 5.74) is 0. The van der Waals surface area contributed by atoms with E-state index in [9.17, 15) is 0 Å². The summed E-state index contributed by atoms with van der Waals surface area (Å²) in [5.74, 6) is 2.55. The molecule has 1 heterocycles. The molecule has 2 nitrogen and oxygen atoms in total. The van der Waals surface area contributed by atoms with Crippen molar-refractivity contribution < 1.29 is 4.74 Å². The SMILES string of the molecule is C#C[C@@H]1CNC[C@H](C)O1. The standard InChI is InChI=1S/C7H11NO/c1-3-7-5-8-4-6(2)9-7/h1,6-8H,4-5H2,2H3/t6-,7+/m0/s1. The Morgan fingerprint density at radius 3 is 2.89 bits per heavy atom. The Kier molecular flexibility index (Phi) is 2.10. The van der Waals surface area contributed by atoms with Crippen LogP contribution in [-0.2, 0) is 4.74 Å².